The van der Waals surface area contributed by atoms with Crippen molar-refractivity contribution in [2.75, 3.05) is 17.2 Å². The van der Waals surface area contributed by atoms with E-state index in [1.54, 1.807) is 42.7 Å². The second kappa shape index (κ2) is 8.13. The van der Waals surface area contributed by atoms with Gasteiger partial charge in [0.2, 0.25) is 5.95 Å². The Morgan fingerprint density at radius 1 is 1.09 bits per heavy atom. The van der Waals surface area contributed by atoms with Crippen LogP contribution in [0.4, 0.5) is 11.8 Å². The summed E-state index contributed by atoms with van der Waals surface area (Å²) < 4.78 is 1.53. The van der Waals surface area contributed by atoms with Gasteiger partial charge in [-0.3, -0.25) is 19.1 Å². The average Bonchev–Trinajstić information content (AvgIpc) is 3.33. The molecule has 0 radical (unpaired) electrons. The maximum atomic E-state index is 13.8. The van der Waals surface area contributed by atoms with Crippen LogP contribution < -0.4 is 21.8 Å². The van der Waals surface area contributed by atoms with E-state index in [0.717, 1.165) is 6.42 Å². The van der Waals surface area contributed by atoms with Crippen LogP contribution in [-0.4, -0.2) is 41.0 Å². The summed E-state index contributed by atoms with van der Waals surface area (Å²) in [4.78, 5) is 52.7. The number of fused-ring (bicyclic) bond motifs is 2. The quantitative estimate of drug-likeness (QED) is 0.391. The summed E-state index contributed by atoms with van der Waals surface area (Å²) in [6.07, 6.45) is 5.96. The summed E-state index contributed by atoms with van der Waals surface area (Å²) in [5, 5.41) is 0.871. The Kier molecular flexibility index (Phi) is 4.92. The van der Waals surface area contributed by atoms with Crippen molar-refractivity contribution in [3.8, 4) is 5.69 Å². The lowest BCUT2D eigenvalue weighted by molar-refractivity contribution is 0.634. The lowest BCUT2D eigenvalue weighted by atomic mass is 10.1. The highest BCUT2D eigenvalue weighted by Gasteiger charge is 2.34. The van der Waals surface area contributed by atoms with Gasteiger partial charge in [0.05, 0.1) is 40.2 Å². The molecule has 0 saturated carbocycles. The Morgan fingerprint density at radius 3 is 2.80 bits per heavy atom. The monoisotopic (exact) mass is 487 g/mol. The van der Waals surface area contributed by atoms with Gasteiger partial charge in [0.15, 0.2) is 5.65 Å². The Bertz CT molecular complexity index is 1720. The van der Waals surface area contributed by atoms with Crippen molar-refractivity contribution in [3.05, 3.63) is 80.6 Å². The van der Waals surface area contributed by atoms with Crippen molar-refractivity contribution in [3.63, 3.8) is 0 Å². The topological polar surface area (TPSA) is 149 Å². The number of rotatable bonds is 3. The zero-order valence-electron chi connectivity index (χ0n) is 18.2. The molecule has 1 fully saturated rings. The third-order valence-corrected chi connectivity index (χ3v) is 6.42. The number of nitrogen functional groups attached to an aromatic ring is 1. The van der Waals surface area contributed by atoms with Crippen molar-refractivity contribution < 1.29 is 0 Å². The Labute approximate surface area is 202 Å². The molecule has 1 aliphatic heterocycles. The molecule has 1 atom stereocenters. The SMILES string of the molecule is Nc1nc(N2CCCC2c2nc3cccc(Cl)c3c(=O)n2-c2cccnc2)c2c(=O)nc[nH]c2n1. The number of H-pyrrole nitrogens is 1. The number of hydrogen-bond donors (Lipinski definition) is 2. The first-order valence-corrected chi connectivity index (χ1v) is 11.3. The molecule has 6 rings (SSSR count). The van der Waals surface area contributed by atoms with Gasteiger partial charge in [-0.2, -0.15) is 15.0 Å². The zero-order valence-corrected chi connectivity index (χ0v) is 19.0. The summed E-state index contributed by atoms with van der Waals surface area (Å²) in [5.74, 6) is 0.853. The van der Waals surface area contributed by atoms with Gasteiger partial charge in [-0.25, -0.2) is 4.98 Å². The summed E-state index contributed by atoms with van der Waals surface area (Å²) in [5.41, 5.74) is 6.53. The largest absolute Gasteiger partial charge is 0.368 e. The van der Waals surface area contributed by atoms with Gasteiger partial charge in [0.25, 0.3) is 11.1 Å². The summed E-state index contributed by atoms with van der Waals surface area (Å²) in [6.45, 7) is 0.570. The van der Waals surface area contributed by atoms with E-state index in [9.17, 15) is 9.59 Å². The van der Waals surface area contributed by atoms with E-state index >= 15 is 0 Å². The van der Waals surface area contributed by atoms with Crippen molar-refractivity contribution in [2.45, 2.75) is 18.9 Å². The van der Waals surface area contributed by atoms with E-state index in [-0.39, 0.29) is 22.9 Å². The molecule has 1 unspecified atom stereocenters. The Balaban J connectivity index is 1.64. The van der Waals surface area contributed by atoms with Gasteiger partial charge in [0, 0.05) is 12.7 Å². The lowest BCUT2D eigenvalue weighted by Gasteiger charge is -2.28. The van der Waals surface area contributed by atoms with Crippen LogP contribution in [0.15, 0.2) is 58.6 Å². The molecule has 174 valence electrons. The Morgan fingerprint density at radius 2 is 1.97 bits per heavy atom. The zero-order chi connectivity index (χ0) is 24.1. The highest BCUT2D eigenvalue weighted by Crippen LogP contribution is 2.37. The van der Waals surface area contributed by atoms with E-state index < -0.39 is 5.56 Å². The van der Waals surface area contributed by atoms with E-state index in [4.69, 9.17) is 22.3 Å². The molecule has 0 aliphatic carbocycles. The highest BCUT2D eigenvalue weighted by atomic mass is 35.5. The van der Waals surface area contributed by atoms with Crippen molar-refractivity contribution in [2.24, 2.45) is 0 Å². The van der Waals surface area contributed by atoms with Crippen LogP contribution in [0, 0.1) is 0 Å². The normalized spacial score (nSPS) is 15.8. The molecule has 5 aromatic rings. The Hall–Kier alpha value is -4.38. The third-order valence-electron chi connectivity index (χ3n) is 6.10. The third kappa shape index (κ3) is 3.39. The highest BCUT2D eigenvalue weighted by molar-refractivity contribution is 6.35. The number of aromatic amines is 1. The molecule has 0 amide bonds. The molecule has 3 N–H and O–H groups in total. The number of halogens is 1. The number of aromatic nitrogens is 7. The van der Waals surface area contributed by atoms with E-state index in [1.165, 1.54) is 10.9 Å². The molecule has 5 heterocycles. The molecule has 12 heteroatoms. The van der Waals surface area contributed by atoms with Crippen LogP contribution in [0.2, 0.25) is 5.02 Å². The second-order valence-electron chi connectivity index (χ2n) is 8.14. The number of pyridine rings is 1. The number of nitrogens with zero attached hydrogens (tertiary/aromatic N) is 7. The molecule has 1 aliphatic rings. The predicted octanol–water partition coefficient (Wildman–Crippen LogP) is 2.38. The van der Waals surface area contributed by atoms with Crippen LogP contribution in [0.25, 0.3) is 27.6 Å². The smallest absolute Gasteiger partial charge is 0.285 e. The summed E-state index contributed by atoms with van der Waals surface area (Å²) in [6, 6.07) is 8.32. The molecular weight excluding hydrogens is 470 g/mol. The van der Waals surface area contributed by atoms with Gasteiger partial charge in [-0.1, -0.05) is 17.7 Å². The van der Waals surface area contributed by atoms with Crippen LogP contribution in [0.5, 0.6) is 0 Å². The fraction of sp³-hybridized carbons (Fsp3) is 0.174. The molecule has 1 saturated heterocycles. The molecular formula is C23H18ClN9O2. The maximum absolute atomic E-state index is 13.8. The molecule has 4 aromatic heterocycles. The summed E-state index contributed by atoms with van der Waals surface area (Å²) in [7, 11) is 0. The molecule has 0 bridgehead atoms. The molecule has 35 heavy (non-hydrogen) atoms. The first-order valence-electron chi connectivity index (χ1n) is 10.9. The average molecular weight is 488 g/mol. The molecule has 1 aromatic carbocycles. The number of nitrogens with two attached hydrogens (primary N) is 1. The van der Waals surface area contributed by atoms with Gasteiger partial charge in [-0.05, 0) is 37.1 Å². The van der Waals surface area contributed by atoms with Crippen LogP contribution in [0.1, 0.15) is 24.7 Å². The number of nitrogens with one attached hydrogen (secondary N) is 1. The van der Waals surface area contributed by atoms with E-state index in [1.807, 2.05) is 4.90 Å². The number of benzene rings is 1. The van der Waals surface area contributed by atoms with Crippen molar-refractivity contribution in [1.29, 1.82) is 0 Å². The van der Waals surface area contributed by atoms with Gasteiger partial charge >= 0.3 is 0 Å². The minimum Gasteiger partial charge on any atom is -0.368 e. The lowest BCUT2D eigenvalue weighted by Crippen LogP contribution is -2.33. The van der Waals surface area contributed by atoms with Gasteiger partial charge in [0.1, 0.15) is 17.0 Å². The minimum absolute atomic E-state index is 0.0166. The summed E-state index contributed by atoms with van der Waals surface area (Å²) >= 11 is 6.40. The molecule has 11 nitrogen and oxygen atoms in total. The van der Waals surface area contributed by atoms with Crippen LogP contribution in [-0.2, 0) is 0 Å². The van der Waals surface area contributed by atoms with Crippen molar-refractivity contribution in [1.82, 2.24) is 34.5 Å². The standard InChI is InChI=1S/C23H18ClN9O2/c24-13-5-1-6-14-16(13)22(35)33(12-4-2-8-26-10-12)19(29-14)15-7-3-9-32(15)20-17-18(30-23(25)31-20)27-11-28-21(17)34/h1-2,4-6,8,10-11,15H,3,7,9H2,(H3,25,27,28,30,31,34). The maximum Gasteiger partial charge on any atom is 0.285 e. The predicted molar refractivity (Wildman–Crippen MR) is 132 cm³/mol. The van der Waals surface area contributed by atoms with Crippen LogP contribution in [0.3, 0.4) is 0 Å². The van der Waals surface area contributed by atoms with Crippen LogP contribution >= 0.6 is 11.6 Å². The van der Waals surface area contributed by atoms with Gasteiger partial charge in [-0.15, -0.1) is 0 Å². The fourth-order valence-electron chi connectivity index (χ4n) is 4.65. The number of anilines is 2. The second-order valence-corrected chi connectivity index (χ2v) is 8.55. The minimum atomic E-state index is -0.470. The first-order chi connectivity index (χ1) is 17.0. The van der Waals surface area contributed by atoms with Crippen molar-refractivity contribution >= 4 is 45.3 Å². The van der Waals surface area contributed by atoms with E-state index in [0.29, 0.717) is 51.9 Å². The fourth-order valence-corrected chi connectivity index (χ4v) is 4.90. The van der Waals surface area contributed by atoms with E-state index in [2.05, 4.69) is 24.9 Å². The van der Waals surface area contributed by atoms with Gasteiger partial charge < -0.3 is 15.6 Å². The molecule has 0 spiro atoms. The first kappa shape index (κ1) is 21.2. The number of hydrogen-bond acceptors (Lipinski definition) is 9.